The highest BCUT2D eigenvalue weighted by Crippen LogP contribution is 2.40. The Morgan fingerprint density at radius 1 is 1.30 bits per heavy atom. The van der Waals surface area contributed by atoms with E-state index in [1.807, 2.05) is 6.07 Å². The first kappa shape index (κ1) is 15.7. The van der Waals surface area contributed by atoms with Crippen LogP contribution in [0.3, 0.4) is 0 Å². The third-order valence-corrected chi connectivity index (χ3v) is 4.85. The molecule has 1 aliphatic rings. The van der Waals surface area contributed by atoms with Crippen LogP contribution in [-0.4, -0.2) is 5.78 Å². The summed E-state index contributed by atoms with van der Waals surface area (Å²) >= 11 is 3.31. The van der Waals surface area contributed by atoms with E-state index in [4.69, 9.17) is 0 Å². The van der Waals surface area contributed by atoms with Crippen LogP contribution < -0.4 is 0 Å². The van der Waals surface area contributed by atoms with Gasteiger partial charge in [0.1, 0.15) is 11.6 Å². The number of ketones is 1. The third kappa shape index (κ3) is 3.91. The molecule has 20 heavy (non-hydrogen) atoms. The topological polar surface area (TPSA) is 17.1 Å². The van der Waals surface area contributed by atoms with Gasteiger partial charge in [-0.2, -0.15) is 0 Å². The normalized spacial score (nSPS) is 23.9. The van der Waals surface area contributed by atoms with Gasteiger partial charge in [-0.1, -0.05) is 36.7 Å². The van der Waals surface area contributed by atoms with Crippen molar-refractivity contribution in [3.05, 3.63) is 34.1 Å². The van der Waals surface area contributed by atoms with Gasteiger partial charge in [-0.05, 0) is 54.4 Å². The van der Waals surface area contributed by atoms with Crippen molar-refractivity contribution < 1.29 is 9.18 Å². The van der Waals surface area contributed by atoms with E-state index in [9.17, 15) is 9.18 Å². The van der Waals surface area contributed by atoms with E-state index >= 15 is 0 Å². The Morgan fingerprint density at radius 3 is 2.60 bits per heavy atom. The molecule has 1 aliphatic carbocycles. The molecule has 1 aromatic carbocycles. The van der Waals surface area contributed by atoms with Crippen LogP contribution in [-0.2, 0) is 11.2 Å². The summed E-state index contributed by atoms with van der Waals surface area (Å²) in [4.78, 5) is 12.1. The van der Waals surface area contributed by atoms with E-state index in [0.29, 0.717) is 24.5 Å². The predicted molar refractivity (Wildman–Crippen MR) is 83.1 cm³/mol. The number of carbonyl (C=O) groups is 1. The Balaban J connectivity index is 2.12. The minimum absolute atomic E-state index is 0.0432. The second-order valence-corrected chi connectivity index (χ2v) is 7.90. The smallest absolute Gasteiger partial charge is 0.136 e. The van der Waals surface area contributed by atoms with Gasteiger partial charge in [0.2, 0.25) is 0 Å². The molecule has 110 valence electrons. The molecule has 0 bridgehead atoms. The zero-order chi connectivity index (χ0) is 14.9. The maximum absolute atomic E-state index is 13.4. The summed E-state index contributed by atoms with van der Waals surface area (Å²) in [5.74, 6) is 0.708. The first-order valence-corrected chi connectivity index (χ1v) is 8.02. The van der Waals surface area contributed by atoms with E-state index in [1.165, 1.54) is 6.07 Å². The van der Waals surface area contributed by atoms with Gasteiger partial charge in [0.15, 0.2) is 0 Å². The summed E-state index contributed by atoms with van der Waals surface area (Å²) < 4.78 is 14.2. The largest absolute Gasteiger partial charge is 0.299 e. The molecule has 0 N–H and O–H groups in total. The predicted octanol–water partition coefficient (Wildman–Crippen LogP) is 5.16. The van der Waals surface area contributed by atoms with Gasteiger partial charge in [0, 0.05) is 16.8 Å². The van der Waals surface area contributed by atoms with Crippen molar-refractivity contribution in [2.75, 3.05) is 0 Å². The van der Waals surface area contributed by atoms with Gasteiger partial charge >= 0.3 is 0 Å². The molecule has 1 aromatic rings. The lowest BCUT2D eigenvalue weighted by molar-refractivity contribution is -0.126. The van der Waals surface area contributed by atoms with Crippen molar-refractivity contribution in [1.29, 1.82) is 0 Å². The molecule has 0 saturated heterocycles. The number of hydrogen-bond donors (Lipinski definition) is 0. The fraction of sp³-hybridized carbons (Fsp3) is 0.588. The zero-order valence-corrected chi connectivity index (χ0v) is 14.0. The maximum Gasteiger partial charge on any atom is 0.136 e. The third-order valence-electron chi connectivity index (χ3n) is 4.39. The van der Waals surface area contributed by atoms with Crippen LogP contribution in [0.4, 0.5) is 4.39 Å². The van der Waals surface area contributed by atoms with Crippen molar-refractivity contribution in [1.82, 2.24) is 0 Å². The number of halogens is 2. The molecule has 0 spiro atoms. The summed E-state index contributed by atoms with van der Waals surface area (Å²) in [6.45, 7) is 6.72. The molecular weight excluding hydrogens is 319 g/mol. The summed E-state index contributed by atoms with van der Waals surface area (Å²) in [7, 11) is 0. The molecule has 0 aromatic heterocycles. The summed E-state index contributed by atoms with van der Waals surface area (Å²) in [6, 6.07) is 4.90. The first-order valence-electron chi connectivity index (χ1n) is 7.23. The van der Waals surface area contributed by atoms with Crippen molar-refractivity contribution in [3.8, 4) is 0 Å². The highest BCUT2D eigenvalue weighted by atomic mass is 79.9. The molecule has 0 radical (unpaired) electrons. The molecular formula is C17H22BrFO. The van der Waals surface area contributed by atoms with Crippen LogP contribution in [0.2, 0.25) is 0 Å². The number of hydrogen-bond acceptors (Lipinski definition) is 1. The minimum Gasteiger partial charge on any atom is -0.299 e. The molecule has 1 nitrogen and oxygen atoms in total. The van der Waals surface area contributed by atoms with E-state index in [1.54, 1.807) is 6.07 Å². The van der Waals surface area contributed by atoms with Gasteiger partial charge in [-0.15, -0.1) is 0 Å². The van der Waals surface area contributed by atoms with E-state index < -0.39 is 0 Å². The fourth-order valence-corrected chi connectivity index (χ4v) is 3.62. The molecule has 3 heteroatoms. The molecule has 2 unspecified atom stereocenters. The summed E-state index contributed by atoms with van der Waals surface area (Å²) in [6.07, 6.45) is 3.24. The Hall–Kier alpha value is -0.700. The monoisotopic (exact) mass is 340 g/mol. The van der Waals surface area contributed by atoms with Gasteiger partial charge in [0.05, 0.1) is 0 Å². The van der Waals surface area contributed by atoms with Crippen LogP contribution in [0.25, 0.3) is 0 Å². The van der Waals surface area contributed by atoms with E-state index in [0.717, 1.165) is 22.9 Å². The molecule has 0 aliphatic heterocycles. The molecule has 1 saturated carbocycles. The fourth-order valence-electron chi connectivity index (χ4n) is 3.11. The van der Waals surface area contributed by atoms with E-state index in [2.05, 4.69) is 36.7 Å². The number of Topliss-reactive ketones (excluding diaryl/α,β-unsaturated/α-hetero) is 1. The lowest BCUT2D eigenvalue weighted by atomic mass is 9.67. The second-order valence-electron chi connectivity index (χ2n) is 6.98. The van der Waals surface area contributed by atoms with Gasteiger partial charge in [-0.3, -0.25) is 4.79 Å². The Bertz CT molecular complexity index is 484. The molecule has 0 amide bonds. The van der Waals surface area contributed by atoms with Gasteiger partial charge < -0.3 is 0 Å². The molecule has 2 atom stereocenters. The lowest BCUT2D eigenvalue weighted by Crippen LogP contribution is -2.33. The van der Waals surface area contributed by atoms with Crippen molar-refractivity contribution in [3.63, 3.8) is 0 Å². The molecule has 0 heterocycles. The van der Waals surface area contributed by atoms with Crippen molar-refractivity contribution in [2.24, 2.45) is 17.3 Å². The van der Waals surface area contributed by atoms with Crippen molar-refractivity contribution >= 4 is 21.7 Å². The van der Waals surface area contributed by atoms with Crippen LogP contribution in [0.1, 0.15) is 45.6 Å². The summed E-state index contributed by atoms with van der Waals surface area (Å²) in [5, 5.41) is 0. The SMILES string of the molecule is CC(C)(C)C1CCC(=O)C(Cc2cc(F)cc(Br)c2)C1. The second kappa shape index (κ2) is 5.97. The Morgan fingerprint density at radius 2 is 2.00 bits per heavy atom. The molecule has 1 fully saturated rings. The highest BCUT2D eigenvalue weighted by Gasteiger charge is 2.34. The van der Waals surface area contributed by atoms with Crippen LogP contribution in [0.5, 0.6) is 0 Å². The van der Waals surface area contributed by atoms with Crippen LogP contribution in [0, 0.1) is 23.1 Å². The average Bonchev–Trinajstić information content (AvgIpc) is 2.29. The maximum atomic E-state index is 13.4. The van der Waals surface area contributed by atoms with Gasteiger partial charge in [-0.25, -0.2) is 4.39 Å². The molecule has 2 rings (SSSR count). The van der Waals surface area contributed by atoms with Gasteiger partial charge in [0.25, 0.3) is 0 Å². The first-order chi connectivity index (χ1) is 9.25. The average molecular weight is 341 g/mol. The number of carbonyl (C=O) groups excluding carboxylic acids is 1. The number of rotatable bonds is 2. The lowest BCUT2D eigenvalue weighted by Gasteiger charge is -2.37. The zero-order valence-electron chi connectivity index (χ0n) is 12.4. The summed E-state index contributed by atoms with van der Waals surface area (Å²) in [5.41, 5.74) is 1.14. The van der Waals surface area contributed by atoms with E-state index in [-0.39, 0.29) is 17.2 Å². The Kier molecular flexibility index (Phi) is 4.68. The Labute approximate surface area is 129 Å². The number of benzene rings is 1. The van der Waals surface area contributed by atoms with Crippen LogP contribution in [0.15, 0.2) is 22.7 Å². The quantitative estimate of drug-likeness (QED) is 0.726. The van der Waals surface area contributed by atoms with Crippen LogP contribution >= 0.6 is 15.9 Å². The highest BCUT2D eigenvalue weighted by molar-refractivity contribution is 9.10. The van der Waals surface area contributed by atoms with Crippen molar-refractivity contribution in [2.45, 2.75) is 46.5 Å². The standard InChI is InChI=1S/C17H22BrFO/c1-17(2,3)13-4-5-16(20)12(9-13)6-11-7-14(18)10-15(19)8-11/h7-8,10,12-13H,4-6,9H2,1-3H3. The minimum atomic E-state index is -0.245.